The molecular weight excluding hydrogens is 382 g/mol. The molecule has 0 fully saturated rings. The first-order valence-electron chi connectivity index (χ1n) is 9.26. The maximum atomic E-state index is 12.2. The average Bonchev–Trinajstić information content (AvgIpc) is 3.18. The van der Waals surface area contributed by atoms with Gasteiger partial charge in [0.15, 0.2) is 0 Å². The van der Waals surface area contributed by atoms with Crippen LogP contribution in [0.15, 0.2) is 73.3 Å². The maximum Gasteiger partial charge on any atom is 0.271 e. The molecule has 0 unspecified atom stereocenters. The molecule has 0 spiro atoms. The largest absolute Gasteiger partial charge is 0.487 e. The smallest absolute Gasteiger partial charge is 0.271 e. The van der Waals surface area contributed by atoms with Crippen molar-refractivity contribution in [3.05, 3.63) is 95.7 Å². The summed E-state index contributed by atoms with van der Waals surface area (Å²) in [7, 11) is 0. The Morgan fingerprint density at radius 1 is 0.967 bits per heavy atom. The van der Waals surface area contributed by atoms with Crippen LogP contribution >= 0.6 is 0 Å². The number of hydrogen-bond acceptors (Lipinski definition) is 5. The Kier molecular flexibility index (Phi) is 5.38. The first-order valence-corrected chi connectivity index (χ1v) is 9.26. The van der Waals surface area contributed by atoms with Gasteiger partial charge in [-0.2, -0.15) is 0 Å². The summed E-state index contributed by atoms with van der Waals surface area (Å²) >= 11 is 0. The topological polar surface area (TPSA) is 97.6 Å². The molecule has 4 rings (SSSR count). The third-order valence-electron chi connectivity index (χ3n) is 4.37. The lowest BCUT2D eigenvalue weighted by atomic mass is 10.2. The molecule has 30 heavy (non-hydrogen) atoms. The number of aryl methyl sites for hydroxylation is 1. The molecule has 0 atom stereocenters. The van der Waals surface area contributed by atoms with E-state index in [4.69, 9.17) is 4.74 Å². The summed E-state index contributed by atoms with van der Waals surface area (Å²) in [5.74, 6) is -0.271. The second-order valence-corrected chi connectivity index (χ2v) is 6.67. The molecule has 0 saturated carbocycles. The van der Waals surface area contributed by atoms with Crippen LogP contribution < -0.4 is 15.6 Å². The molecule has 0 aliphatic heterocycles. The molecule has 2 N–H and O–H groups in total. The monoisotopic (exact) mass is 401 g/mol. The molecule has 8 nitrogen and oxygen atoms in total. The predicted molar refractivity (Wildman–Crippen MR) is 110 cm³/mol. The number of hydrazine groups is 1. The summed E-state index contributed by atoms with van der Waals surface area (Å²) in [4.78, 5) is 32.5. The zero-order chi connectivity index (χ0) is 20.9. The SMILES string of the molecule is Cc1ccc2nc(COc3ccc(C(=O)NNC(=O)c4cccnc4)cc3)cn2c1. The van der Waals surface area contributed by atoms with E-state index in [0.29, 0.717) is 23.5 Å². The number of amides is 2. The van der Waals surface area contributed by atoms with E-state index < -0.39 is 11.8 Å². The van der Waals surface area contributed by atoms with Crippen LogP contribution in [0.2, 0.25) is 0 Å². The van der Waals surface area contributed by atoms with Gasteiger partial charge in [-0.1, -0.05) is 6.07 Å². The molecule has 8 heteroatoms. The third kappa shape index (κ3) is 4.44. The van der Waals surface area contributed by atoms with E-state index in [2.05, 4.69) is 20.8 Å². The first-order chi connectivity index (χ1) is 14.6. The number of hydrogen-bond donors (Lipinski definition) is 2. The second-order valence-electron chi connectivity index (χ2n) is 6.67. The van der Waals surface area contributed by atoms with Gasteiger partial charge >= 0.3 is 0 Å². The Bertz CT molecular complexity index is 1190. The van der Waals surface area contributed by atoms with Crippen LogP contribution in [0, 0.1) is 6.92 Å². The van der Waals surface area contributed by atoms with Crippen LogP contribution in [-0.2, 0) is 6.61 Å². The van der Waals surface area contributed by atoms with Crippen molar-refractivity contribution in [1.29, 1.82) is 0 Å². The fraction of sp³-hybridized carbons (Fsp3) is 0.0909. The van der Waals surface area contributed by atoms with Crippen molar-refractivity contribution in [2.75, 3.05) is 0 Å². The molecule has 2 amide bonds. The molecule has 0 radical (unpaired) electrons. The lowest BCUT2D eigenvalue weighted by Gasteiger charge is -2.08. The number of rotatable bonds is 5. The molecule has 3 heterocycles. The van der Waals surface area contributed by atoms with Crippen LogP contribution in [0.25, 0.3) is 5.65 Å². The molecule has 0 saturated heterocycles. The van der Waals surface area contributed by atoms with Gasteiger partial charge in [-0.3, -0.25) is 25.4 Å². The van der Waals surface area contributed by atoms with Crippen molar-refractivity contribution in [2.45, 2.75) is 13.5 Å². The van der Waals surface area contributed by atoms with Gasteiger partial charge in [0.1, 0.15) is 18.0 Å². The molecule has 0 bridgehead atoms. The quantitative estimate of drug-likeness (QED) is 0.501. The van der Waals surface area contributed by atoms with Crippen LogP contribution in [0.5, 0.6) is 5.75 Å². The van der Waals surface area contributed by atoms with E-state index in [-0.39, 0.29) is 0 Å². The van der Waals surface area contributed by atoms with Crippen molar-refractivity contribution in [3.63, 3.8) is 0 Å². The molecular formula is C22H19N5O3. The summed E-state index contributed by atoms with van der Waals surface area (Å²) < 4.78 is 7.72. The molecule has 3 aromatic heterocycles. The van der Waals surface area contributed by atoms with Gasteiger partial charge in [-0.25, -0.2) is 4.98 Å². The number of nitrogens with one attached hydrogen (secondary N) is 2. The summed E-state index contributed by atoms with van der Waals surface area (Å²) in [6.07, 6.45) is 6.91. The van der Waals surface area contributed by atoms with Gasteiger partial charge in [-0.15, -0.1) is 0 Å². The van der Waals surface area contributed by atoms with E-state index in [1.54, 1.807) is 42.6 Å². The number of benzene rings is 1. The van der Waals surface area contributed by atoms with Crippen LogP contribution in [0.4, 0.5) is 0 Å². The Morgan fingerprint density at radius 3 is 2.47 bits per heavy atom. The molecule has 150 valence electrons. The molecule has 0 aliphatic rings. The van der Waals surface area contributed by atoms with Crippen molar-refractivity contribution >= 4 is 17.5 Å². The number of pyridine rings is 2. The number of fused-ring (bicyclic) bond motifs is 1. The van der Waals surface area contributed by atoms with E-state index in [1.165, 1.54) is 6.20 Å². The third-order valence-corrected chi connectivity index (χ3v) is 4.37. The van der Waals surface area contributed by atoms with Crippen molar-refractivity contribution in [1.82, 2.24) is 25.2 Å². The Morgan fingerprint density at radius 2 is 1.73 bits per heavy atom. The van der Waals surface area contributed by atoms with E-state index in [9.17, 15) is 9.59 Å². The average molecular weight is 401 g/mol. The molecule has 4 aromatic rings. The van der Waals surface area contributed by atoms with Gasteiger partial charge in [0.25, 0.3) is 11.8 Å². The highest BCUT2D eigenvalue weighted by molar-refractivity contribution is 5.98. The van der Waals surface area contributed by atoms with Gasteiger partial charge in [0, 0.05) is 30.4 Å². The second kappa shape index (κ2) is 8.44. The van der Waals surface area contributed by atoms with Gasteiger partial charge < -0.3 is 9.14 Å². The normalized spacial score (nSPS) is 10.6. The molecule has 0 aliphatic carbocycles. The number of ether oxygens (including phenoxy) is 1. The molecule has 1 aromatic carbocycles. The van der Waals surface area contributed by atoms with Crippen molar-refractivity contribution in [3.8, 4) is 5.75 Å². The predicted octanol–water partition coefficient (Wildman–Crippen LogP) is 2.69. The number of aromatic nitrogens is 3. The number of nitrogens with zero attached hydrogens (tertiary/aromatic N) is 3. The van der Waals surface area contributed by atoms with Crippen LogP contribution in [0.3, 0.4) is 0 Å². The Balaban J connectivity index is 1.31. The van der Waals surface area contributed by atoms with E-state index in [0.717, 1.165) is 16.9 Å². The minimum absolute atomic E-state index is 0.313. The Labute approximate surface area is 172 Å². The van der Waals surface area contributed by atoms with Gasteiger partial charge in [-0.05, 0) is 55.0 Å². The van der Waals surface area contributed by atoms with Crippen molar-refractivity contribution < 1.29 is 14.3 Å². The minimum Gasteiger partial charge on any atom is -0.487 e. The number of imidazole rings is 1. The highest BCUT2D eigenvalue weighted by Gasteiger charge is 2.09. The number of carbonyl (C=O) groups is 2. The van der Waals surface area contributed by atoms with E-state index >= 15 is 0 Å². The van der Waals surface area contributed by atoms with Crippen LogP contribution in [0.1, 0.15) is 32.0 Å². The summed E-state index contributed by atoms with van der Waals surface area (Å²) in [5.41, 5.74) is 8.28. The summed E-state index contributed by atoms with van der Waals surface area (Å²) in [6.45, 7) is 2.34. The lowest BCUT2D eigenvalue weighted by Crippen LogP contribution is -2.41. The maximum absolute atomic E-state index is 12.2. The van der Waals surface area contributed by atoms with Gasteiger partial charge in [0.05, 0.1) is 11.3 Å². The summed E-state index contributed by atoms with van der Waals surface area (Å²) in [6, 6.07) is 13.8. The highest BCUT2D eigenvalue weighted by Crippen LogP contribution is 2.15. The zero-order valence-electron chi connectivity index (χ0n) is 16.2. The minimum atomic E-state index is -0.445. The lowest BCUT2D eigenvalue weighted by molar-refractivity contribution is 0.0846. The zero-order valence-corrected chi connectivity index (χ0v) is 16.2. The fourth-order valence-corrected chi connectivity index (χ4v) is 2.84. The fourth-order valence-electron chi connectivity index (χ4n) is 2.84. The van der Waals surface area contributed by atoms with Crippen molar-refractivity contribution in [2.24, 2.45) is 0 Å². The van der Waals surface area contributed by atoms with E-state index in [1.807, 2.05) is 35.9 Å². The number of carbonyl (C=O) groups excluding carboxylic acids is 2. The highest BCUT2D eigenvalue weighted by atomic mass is 16.5. The van der Waals surface area contributed by atoms with Crippen LogP contribution in [-0.4, -0.2) is 26.2 Å². The van der Waals surface area contributed by atoms with Gasteiger partial charge in [0.2, 0.25) is 0 Å². The first kappa shape index (κ1) is 19.1. The summed E-state index contributed by atoms with van der Waals surface area (Å²) in [5, 5.41) is 0. The standard InChI is InChI=1S/C22H19N5O3/c1-15-4-9-20-24-18(13-27(20)12-15)14-30-19-7-5-16(6-8-19)21(28)25-26-22(29)17-3-2-10-23-11-17/h2-13H,14H2,1H3,(H,25,28)(H,26,29). The Hall–Kier alpha value is -4.20.